The molecule has 1 atom stereocenters. The van der Waals surface area contributed by atoms with Gasteiger partial charge in [0.2, 0.25) is 0 Å². The first-order chi connectivity index (χ1) is 9.49. The van der Waals surface area contributed by atoms with Gasteiger partial charge in [0.05, 0.1) is 4.90 Å². The largest absolute Gasteiger partial charge is 0.489 e. The highest BCUT2D eigenvalue weighted by Gasteiger charge is 2.22. The van der Waals surface area contributed by atoms with E-state index in [2.05, 4.69) is 12.2 Å². The van der Waals surface area contributed by atoms with Gasteiger partial charge in [-0.3, -0.25) is 0 Å². The molecule has 1 aliphatic carbocycles. The van der Waals surface area contributed by atoms with Crippen molar-refractivity contribution >= 4 is 9.84 Å². The van der Waals surface area contributed by atoms with Crippen LogP contribution in [-0.4, -0.2) is 33.4 Å². The third-order valence-corrected chi connectivity index (χ3v) is 4.51. The van der Waals surface area contributed by atoms with Crippen LogP contribution in [0, 0.1) is 0 Å². The minimum absolute atomic E-state index is 0.143. The quantitative estimate of drug-likeness (QED) is 0.800. The number of benzene rings is 1. The molecule has 5 heteroatoms. The van der Waals surface area contributed by atoms with Crippen molar-refractivity contribution in [3.8, 4) is 5.75 Å². The number of nitrogens with one attached hydrogen (secondary N) is 1. The maximum Gasteiger partial charge on any atom is 0.175 e. The van der Waals surface area contributed by atoms with Crippen molar-refractivity contribution in [2.24, 2.45) is 0 Å². The van der Waals surface area contributed by atoms with E-state index in [1.165, 1.54) is 19.1 Å². The molecule has 1 N–H and O–H groups in total. The van der Waals surface area contributed by atoms with Crippen LogP contribution in [0.15, 0.2) is 29.2 Å². The molecule has 1 saturated carbocycles. The normalized spacial score (nSPS) is 16.9. The molecule has 1 fully saturated rings. The van der Waals surface area contributed by atoms with Crippen molar-refractivity contribution in [3.05, 3.63) is 24.3 Å². The van der Waals surface area contributed by atoms with Crippen molar-refractivity contribution in [1.29, 1.82) is 0 Å². The summed E-state index contributed by atoms with van der Waals surface area (Å²) >= 11 is 0. The predicted molar refractivity (Wildman–Crippen MR) is 79.9 cm³/mol. The highest BCUT2D eigenvalue weighted by Crippen LogP contribution is 2.21. The zero-order valence-corrected chi connectivity index (χ0v) is 12.9. The monoisotopic (exact) mass is 297 g/mol. The van der Waals surface area contributed by atoms with Crippen LogP contribution >= 0.6 is 0 Å². The number of hydrogen-bond acceptors (Lipinski definition) is 4. The molecule has 1 aromatic rings. The molecule has 0 bridgehead atoms. The summed E-state index contributed by atoms with van der Waals surface area (Å²) in [5.41, 5.74) is 0. The SMILES string of the molecule is CCCC(CNC1CC1)Oc1ccc(S(C)(=O)=O)cc1. The van der Waals surface area contributed by atoms with E-state index in [4.69, 9.17) is 4.74 Å². The van der Waals surface area contributed by atoms with E-state index in [1.54, 1.807) is 24.3 Å². The standard InChI is InChI=1S/C15H23NO3S/c1-3-4-14(11-16-12-5-6-12)19-13-7-9-15(10-8-13)20(2,17)18/h7-10,12,14,16H,3-6,11H2,1-2H3. The molecule has 2 rings (SSSR count). The summed E-state index contributed by atoms with van der Waals surface area (Å²) < 4.78 is 28.7. The lowest BCUT2D eigenvalue weighted by atomic mass is 10.2. The molecule has 0 saturated heterocycles. The summed E-state index contributed by atoms with van der Waals surface area (Å²) in [5, 5.41) is 3.48. The van der Waals surface area contributed by atoms with Crippen molar-refractivity contribution in [1.82, 2.24) is 5.32 Å². The molecule has 112 valence electrons. The smallest absolute Gasteiger partial charge is 0.175 e. The van der Waals surface area contributed by atoms with Gasteiger partial charge < -0.3 is 10.1 Å². The van der Waals surface area contributed by atoms with Crippen LogP contribution in [-0.2, 0) is 9.84 Å². The molecule has 0 aromatic heterocycles. The Morgan fingerprint density at radius 2 is 1.95 bits per heavy atom. The Morgan fingerprint density at radius 3 is 2.45 bits per heavy atom. The Hall–Kier alpha value is -1.07. The first-order valence-electron chi connectivity index (χ1n) is 7.19. The lowest BCUT2D eigenvalue weighted by Crippen LogP contribution is -2.32. The lowest BCUT2D eigenvalue weighted by Gasteiger charge is -2.19. The maximum atomic E-state index is 11.4. The summed E-state index contributed by atoms with van der Waals surface area (Å²) in [6, 6.07) is 7.33. The van der Waals surface area contributed by atoms with Crippen LogP contribution in [0.4, 0.5) is 0 Å². The van der Waals surface area contributed by atoms with Gasteiger partial charge in [0.25, 0.3) is 0 Å². The summed E-state index contributed by atoms with van der Waals surface area (Å²) in [6.45, 7) is 2.99. The van der Waals surface area contributed by atoms with E-state index in [0.717, 1.165) is 25.1 Å². The predicted octanol–water partition coefficient (Wildman–Crippen LogP) is 2.39. The van der Waals surface area contributed by atoms with Crippen LogP contribution < -0.4 is 10.1 Å². The summed E-state index contributed by atoms with van der Waals surface area (Å²) in [6.07, 6.45) is 5.95. The van der Waals surface area contributed by atoms with Gasteiger partial charge in [0.15, 0.2) is 9.84 Å². The summed E-state index contributed by atoms with van der Waals surface area (Å²) in [7, 11) is -3.14. The van der Waals surface area contributed by atoms with E-state index >= 15 is 0 Å². The molecule has 1 aromatic carbocycles. The Bertz CT molecular complexity index is 521. The van der Waals surface area contributed by atoms with E-state index < -0.39 is 9.84 Å². The van der Waals surface area contributed by atoms with Crippen molar-refractivity contribution in [3.63, 3.8) is 0 Å². The second kappa shape index (κ2) is 6.59. The fraction of sp³-hybridized carbons (Fsp3) is 0.600. The van der Waals surface area contributed by atoms with E-state index in [9.17, 15) is 8.42 Å². The average molecular weight is 297 g/mol. The van der Waals surface area contributed by atoms with Crippen molar-refractivity contribution < 1.29 is 13.2 Å². The van der Waals surface area contributed by atoms with Gasteiger partial charge in [0, 0.05) is 18.8 Å². The Labute approximate surface area is 121 Å². The molecule has 1 aliphatic rings. The molecule has 4 nitrogen and oxygen atoms in total. The van der Waals surface area contributed by atoms with Crippen molar-refractivity contribution in [2.45, 2.75) is 49.6 Å². The van der Waals surface area contributed by atoms with Gasteiger partial charge in [-0.25, -0.2) is 8.42 Å². The van der Waals surface area contributed by atoms with Gasteiger partial charge in [-0.2, -0.15) is 0 Å². The van der Waals surface area contributed by atoms with E-state index in [1.807, 2.05) is 0 Å². The molecule has 0 amide bonds. The molecule has 0 radical (unpaired) electrons. The van der Waals surface area contributed by atoms with Crippen LogP contribution in [0.5, 0.6) is 5.75 Å². The minimum atomic E-state index is -3.14. The van der Waals surface area contributed by atoms with Gasteiger partial charge >= 0.3 is 0 Å². The third-order valence-electron chi connectivity index (χ3n) is 3.38. The zero-order chi connectivity index (χ0) is 14.6. The molecule has 0 aliphatic heterocycles. The Balaban J connectivity index is 1.94. The first kappa shape index (κ1) is 15.3. The lowest BCUT2D eigenvalue weighted by molar-refractivity contribution is 0.186. The fourth-order valence-electron chi connectivity index (χ4n) is 2.07. The highest BCUT2D eigenvalue weighted by atomic mass is 32.2. The highest BCUT2D eigenvalue weighted by molar-refractivity contribution is 7.90. The van der Waals surface area contributed by atoms with Crippen LogP contribution in [0.2, 0.25) is 0 Å². The zero-order valence-electron chi connectivity index (χ0n) is 12.1. The molecule has 1 unspecified atom stereocenters. The first-order valence-corrected chi connectivity index (χ1v) is 9.08. The Kier molecular flexibility index (Phi) is 5.05. The second-order valence-electron chi connectivity index (χ2n) is 5.45. The fourth-order valence-corrected chi connectivity index (χ4v) is 2.70. The van der Waals surface area contributed by atoms with Gasteiger partial charge in [-0.15, -0.1) is 0 Å². The minimum Gasteiger partial charge on any atom is -0.489 e. The number of sulfone groups is 1. The van der Waals surface area contributed by atoms with E-state index in [-0.39, 0.29) is 6.10 Å². The topological polar surface area (TPSA) is 55.4 Å². The van der Waals surface area contributed by atoms with Crippen LogP contribution in [0.3, 0.4) is 0 Å². The Morgan fingerprint density at radius 1 is 1.30 bits per heavy atom. The molecule has 0 spiro atoms. The maximum absolute atomic E-state index is 11.4. The number of rotatable bonds is 8. The van der Waals surface area contributed by atoms with Gasteiger partial charge in [-0.05, 0) is 43.5 Å². The number of ether oxygens (including phenoxy) is 1. The van der Waals surface area contributed by atoms with Gasteiger partial charge in [-0.1, -0.05) is 13.3 Å². The van der Waals surface area contributed by atoms with E-state index in [0.29, 0.717) is 10.9 Å². The molecule has 20 heavy (non-hydrogen) atoms. The van der Waals surface area contributed by atoms with Crippen LogP contribution in [0.1, 0.15) is 32.6 Å². The molecular weight excluding hydrogens is 274 g/mol. The summed E-state index contributed by atoms with van der Waals surface area (Å²) in [4.78, 5) is 0.327. The summed E-state index contributed by atoms with van der Waals surface area (Å²) in [5.74, 6) is 0.730. The van der Waals surface area contributed by atoms with Crippen LogP contribution in [0.25, 0.3) is 0 Å². The van der Waals surface area contributed by atoms with Crippen molar-refractivity contribution in [2.75, 3.05) is 12.8 Å². The number of hydrogen-bond donors (Lipinski definition) is 1. The molecular formula is C15H23NO3S. The average Bonchev–Trinajstić information content (AvgIpc) is 3.20. The third kappa shape index (κ3) is 4.80. The second-order valence-corrected chi connectivity index (χ2v) is 7.47. The van der Waals surface area contributed by atoms with Gasteiger partial charge in [0.1, 0.15) is 11.9 Å². The molecule has 0 heterocycles.